The minimum Gasteiger partial charge on any atom is -0.364 e. The van der Waals surface area contributed by atoms with Crippen LogP contribution in [0, 0.1) is 5.41 Å². The standard InChI is InChI=1S/C19H25ClN4/c1-18(2,3)12-19(4,5)23-17-16(14-7-6-10-21-14)22-15-9-8-13(20)11-24(15)17/h6-11,21,23H,12H2,1-5H3. The van der Waals surface area contributed by atoms with Gasteiger partial charge < -0.3 is 10.3 Å². The van der Waals surface area contributed by atoms with Gasteiger partial charge in [0.15, 0.2) is 0 Å². The first-order valence-corrected chi connectivity index (χ1v) is 8.62. The van der Waals surface area contributed by atoms with Crippen molar-refractivity contribution in [1.82, 2.24) is 14.4 Å². The lowest BCUT2D eigenvalue weighted by Crippen LogP contribution is -2.36. The lowest BCUT2D eigenvalue weighted by atomic mass is 9.82. The van der Waals surface area contributed by atoms with E-state index in [1.807, 2.05) is 41.1 Å². The summed E-state index contributed by atoms with van der Waals surface area (Å²) in [6.45, 7) is 11.2. The Kier molecular flexibility index (Phi) is 4.12. The molecule has 0 radical (unpaired) electrons. The topological polar surface area (TPSA) is 45.1 Å². The largest absolute Gasteiger partial charge is 0.364 e. The maximum Gasteiger partial charge on any atom is 0.140 e. The number of aromatic nitrogens is 3. The third-order valence-corrected chi connectivity index (χ3v) is 4.09. The second-order valence-corrected chi connectivity index (χ2v) is 8.65. The highest BCUT2D eigenvalue weighted by atomic mass is 35.5. The molecule has 0 fully saturated rings. The third kappa shape index (κ3) is 3.59. The van der Waals surface area contributed by atoms with Crippen molar-refractivity contribution in [2.45, 2.75) is 46.6 Å². The Morgan fingerprint density at radius 3 is 2.54 bits per heavy atom. The number of hydrogen-bond donors (Lipinski definition) is 2. The van der Waals surface area contributed by atoms with E-state index in [9.17, 15) is 0 Å². The van der Waals surface area contributed by atoms with Crippen LogP contribution in [0.25, 0.3) is 17.0 Å². The Balaban J connectivity index is 2.11. The second-order valence-electron chi connectivity index (χ2n) is 8.21. The monoisotopic (exact) mass is 344 g/mol. The van der Waals surface area contributed by atoms with Gasteiger partial charge in [-0.2, -0.15) is 0 Å². The number of H-pyrrole nitrogens is 1. The van der Waals surface area contributed by atoms with Gasteiger partial charge in [0.05, 0.1) is 10.7 Å². The van der Waals surface area contributed by atoms with Crippen molar-refractivity contribution in [3.63, 3.8) is 0 Å². The van der Waals surface area contributed by atoms with Crippen molar-refractivity contribution < 1.29 is 0 Å². The molecule has 0 spiro atoms. The van der Waals surface area contributed by atoms with Crippen LogP contribution < -0.4 is 5.32 Å². The highest BCUT2D eigenvalue weighted by molar-refractivity contribution is 6.30. The zero-order valence-electron chi connectivity index (χ0n) is 14.9. The van der Waals surface area contributed by atoms with Gasteiger partial charge in [-0.1, -0.05) is 32.4 Å². The number of nitrogens with zero attached hydrogens (tertiary/aromatic N) is 2. The summed E-state index contributed by atoms with van der Waals surface area (Å²) in [5, 5.41) is 4.39. The quantitative estimate of drug-likeness (QED) is 0.646. The molecule has 0 saturated heterocycles. The average Bonchev–Trinajstić information content (AvgIpc) is 3.04. The first kappa shape index (κ1) is 16.9. The molecule has 0 bridgehead atoms. The normalized spacial score (nSPS) is 12.8. The molecule has 2 N–H and O–H groups in total. The lowest BCUT2D eigenvalue weighted by molar-refractivity contribution is 0.302. The van der Waals surface area contributed by atoms with Crippen LogP contribution in [0.2, 0.25) is 5.02 Å². The fraction of sp³-hybridized carbons (Fsp3) is 0.421. The van der Waals surface area contributed by atoms with Crippen LogP contribution in [0.15, 0.2) is 36.7 Å². The Labute approximate surface area is 148 Å². The lowest BCUT2D eigenvalue weighted by Gasteiger charge is -2.34. The summed E-state index contributed by atoms with van der Waals surface area (Å²) in [6, 6.07) is 7.82. The van der Waals surface area contributed by atoms with Crippen LogP contribution in [-0.4, -0.2) is 19.9 Å². The Morgan fingerprint density at radius 2 is 1.92 bits per heavy atom. The molecule has 3 aromatic heterocycles. The van der Waals surface area contributed by atoms with Gasteiger partial charge in [0, 0.05) is 17.9 Å². The molecular formula is C19H25ClN4. The number of anilines is 1. The van der Waals surface area contributed by atoms with Gasteiger partial charge in [-0.05, 0) is 49.9 Å². The number of nitrogens with one attached hydrogen (secondary N) is 2. The maximum absolute atomic E-state index is 6.22. The predicted molar refractivity (Wildman–Crippen MR) is 102 cm³/mol. The predicted octanol–water partition coefficient (Wildman–Crippen LogP) is 5.61. The van der Waals surface area contributed by atoms with E-state index in [1.54, 1.807) is 0 Å². The van der Waals surface area contributed by atoms with Crippen molar-refractivity contribution in [2.24, 2.45) is 5.41 Å². The number of pyridine rings is 1. The summed E-state index contributed by atoms with van der Waals surface area (Å²) in [5.41, 5.74) is 2.91. The summed E-state index contributed by atoms with van der Waals surface area (Å²) in [7, 11) is 0. The first-order chi connectivity index (χ1) is 11.1. The first-order valence-electron chi connectivity index (χ1n) is 8.24. The summed E-state index contributed by atoms with van der Waals surface area (Å²) in [6.07, 6.45) is 4.85. The van der Waals surface area contributed by atoms with E-state index >= 15 is 0 Å². The highest BCUT2D eigenvalue weighted by Crippen LogP contribution is 2.34. The fourth-order valence-corrected chi connectivity index (χ4v) is 3.65. The van der Waals surface area contributed by atoms with Crippen LogP contribution in [0.3, 0.4) is 0 Å². The highest BCUT2D eigenvalue weighted by Gasteiger charge is 2.28. The molecule has 0 atom stereocenters. The summed E-state index contributed by atoms with van der Waals surface area (Å²) in [4.78, 5) is 8.04. The number of fused-ring (bicyclic) bond motifs is 1. The molecule has 3 aromatic rings. The number of rotatable bonds is 4. The van der Waals surface area contributed by atoms with E-state index in [0.29, 0.717) is 5.02 Å². The molecule has 4 nitrogen and oxygen atoms in total. The van der Waals surface area contributed by atoms with Crippen LogP contribution in [0.4, 0.5) is 5.82 Å². The van der Waals surface area contributed by atoms with E-state index in [4.69, 9.17) is 16.6 Å². The van der Waals surface area contributed by atoms with Gasteiger partial charge in [-0.15, -0.1) is 0 Å². The number of halogens is 1. The molecule has 0 unspecified atom stereocenters. The Morgan fingerprint density at radius 1 is 1.17 bits per heavy atom. The average molecular weight is 345 g/mol. The van der Waals surface area contributed by atoms with E-state index in [1.165, 1.54) is 0 Å². The van der Waals surface area contributed by atoms with Gasteiger partial charge in [0.2, 0.25) is 0 Å². The van der Waals surface area contributed by atoms with E-state index in [2.05, 4.69) is 44.9 Å². The van der Waals surface area contributed by atoms with Crippen molar-refractivity contribution in [3.8, 4) is 11.4 Å². The zero-order valence-corrected chi connectivity index (χ0v) is 15.7. The van der Waals surface area contributed by atoms with Gasteiger partial charge >= 0.3 is 0 Å². The minimum absolute atomic E-state index is 0.0854. The van der Waals surface area contributed by atoms with Crippen molar-refractivity contribution in [3.05, 3.63) is 41.7 Å². The Hall–Kier alpha value is -1.94. The minimum atomic E-state index is -0.0854. The van der Waals surface area contributed by atoms with Crippen LogP contribution in [0.5, 0.6) is 0 Å². The molecule has 0 aliphatic heterocycles. The van der Waals surface area contributed by atoms with Gasteiger partial charge in [-0.3, -0.25) is 4.40 Å². The summed E-state index contributed by atoms with van der Waals surface area (Å²) < 4.78 is 2.03. The molecule has 0 amide bonds. The Bertz CT molecular complexity index is 838. The van der Waals surface area contributed by atoms with E-state index in [0.717, 1.165) is 29.3 Å². The molecule has 24 heavy (non-hydrogen) atoms. The molecule has 0 aromatic carbocycles. The van der Waals surface area contributed by atoms with Crippen LogP contribution in [0.1, 0.15) is 41.0 Å². The van der Waals surface area contributed by atoms with Crippen molar-refractivity contribution >= 4 is 23.1 Å². The molecule has 0 aliphatic rings. The SMILES string of the molecule is CC(C)(C)CC(C)(C)Nc1c(-c2ccc[nH]2)nc2ccc(Cl)cn12. The number of imidazole rings is 1. The fourth-order valence-electron chi connectivity index (χ4n) is 3.49. The smallest absolute Gasteiger partial charge is 0.140 e. The zero-order chi connectivity index (χ0) is 17.5. The molecular weight excluding hydrogens is 320 g/mol. The molecule has 0 aliphatic carbocycles. The van der Waals surface area contributed by atoms with Gasteiger partial charge in [0.25, 0.3) is 0 Å². The molecule has 128 valence electrons. The summed E-state index contributed by atoms with van der Waals surface area (Å²) in [5.74, 6) is 0.962. The molecule has 0 saturated carbocycles. The summed E-state index contributed by atoms with van der Waals surface area (Å²) >= 11 is 6.22. The van der Waals surface area contributed by atoms with E-state index < -0.39 is 0 Å². The van der Waals surface area contributed by atoms with E-state index in [-0.39, 0.29) is 11.0 Å². The van der Waals surface area contributed by atoms with Gasteiger partial charge in [0.1, 0.15) is 17.2 Å². The van der Waals surface area contributed by atoms with Gasteiger partial charge in [-0.25, -0.2) is 4.98 Å². The number of hydrogen-bond acceptors (Lipinski definition) is 2. The van der Waals surface area contributed by atoms with Crippen LogP contribution in [-0.2, 0) is 0 Å². The van der Waals surface area contributed by atoms with Crippen molar-refractivity contribution in [1.29, 1.82) is 0 Å². The van der Waals surface area contributed by atoms with Crippen LogP contribution >= 0.6 is 11.6 Å². The van der Waals surface area contributed by atoms with Crippen molar-refractivity contribution in [2.75, 3.05) is 5.32 Å². The molecule has 3 heterocycles. The molecule has 5 heteroatoms. The third-order valence-electron chi connectivity index (χ3n) is 3.86. The number of aromatic amines is 1. The molecule has 3 rings (SSSR count). The maximum atomic E-state index is 6.22. The second kappa shape index (κ2) is 5.85.